The minimum Gasteiger partial charge on any atom is -0.497 e. The van der Waals surface area contributed by atoms with Crippen LogP contribution in [0.4, 0.5) is 5.69 Å². The van der Waals surface area contributed by atoms with Crippen molar-refractivity contribution >= 4 is 44.8 Å². The molecular formula is C24H24Cl2N2O4S. The van der Waals surface area contributed by atoms with Crippen molar-refractivity contribution < 1.29 is 17.9 Å². The van der Waals surface area contributed by atoms with E-state index in [1.165, 1.54) is 30.3 Å². The number of carbonyl (C=O) groups is 1. The van der Waals surface area contributed by atoms with Crippen molar-refractivity contribution in [3.8, 4) is 5.75 Å². The summed E-state index contributed by atoms with van der Waals surface area (Å²) in [4.78, 5) is 12.8. The van der Waals surface area contributed by atoms with Crippen molar-refractivity contribution in [3.63, 3.8) is 0 Å². The van der Waals surface area contributed by atoms with Crippen LogP contribution < -0.4 is 14.4 Å². The van der Waals surface area contributed by atoms with Gasteiger partial charge in [0.1, 0.15) is 12.3 Å². The van der Waals surface area contributed by atoms with E-state index in [9.17, 15) is 13.2 Å². The summed E-state index contributed by atoms with van der Waals surface area (Å²) in [6, 6.07) is 18.3. The smallest absolute Gasteiger partial charge is 0.264 e. The van der Waals surface area contributed by atoms with Crippen LogP contribution in [0, 0.1) is 6.92 Å². The van der Waals surface area contributed by atoms with Gasteiger partial charge in [0, 0.05) is 16.6 Å². The summed E-state index contributed by atoms with van der Waals surface area (Å²) in [7, 11) is -2.45. The molecule has 0 spiro atoms. The van der Waals surface area contributed by atoms with Gasteiger partial charge in [-0.05, 0) is 61.4 Å². The minimum atomic E-state index is -4.04. The number of nitrogens with zero attached hydrogens (tertiary/aromatic N) is 1. The number of anilines is 1. The SMILES string of the molecule is COc1ccc(CCNC(=O)CN(c2cc(Cl)cc(Cl)c2)S(=O)(=O)c2ccc(C)cc2)cc1. The highest BCUT2D eigenvalue weighted by molar-refractivity contribution is 7.92. The summed E-state index contributed by atoms with van der Waals surface area (Å²) in [6.07, 6.45) is 0.587. The Morgan fingerprint density at radius 3 is 2.15 bits per heavy atom. The molecule has 0 fully saturated rings. The molecule has 0 aliphatic heterocycles. The van der Waals surface area contributed by atoms with E-state index in [-0.39, 0.29) is 20.6 Å². The molecule has 0 saturated carbocycles. The molecule has 0 bridgehead atoms. The summed E-state index contributed by atoms with van der Waals surface area (Å²) >= 11 is 12.2. The fraction of sp³-hybridized carbons (Fsp3) is 0.208. The summed E-state index contributed by atoms with van der Waals surface area (Å²) in [5, 5.41) is 3.31. The second-order valence-electron chi connectivity index (χ2n) is 7.40. The third-order valence-corrected chi connectivity index (χ3v) is 7.15. The molecule has 6 nitrogen and oxygen atoms in total. The second kappa shape index (κ2) is 10.9. The molecule has 0 unspecified atom stereocenters. The molecule has 0 aliphatic rings. The Morgan fingerprint density at radius 2 is 1.58 bits per heavy atom. The van der Waals surface area contributed by atoms with Crippen LogP contribution in [0.3, 0.4) is 0 Å². The van der Waals surface area contributed by atoms with E-state index in [2.05, 4.69) is 5.32 Å². The first-order valence-electron chi connectivity index (χ1n) is 10.1. The number of benzene rings is 3. The summed E-state index contributed by atoms with van der Waals surface area (Å²) < 4.78 is 33.0. The number of methoxy groups -OCH3 is 1. The zero-order valence-electron chi connectivity index (χ0n) is 18.2. The van der Waals surface area contributed by atoms with Crippen LogP contribution in [0.25, 0.3) is 0 Å². The molecule has 33 heavy (non-hydrogen) atoms. The van der Waals surface area contributed by atoms with Gasteiger partial charge in [0.05, 0.1) is 17.7 Å². The predicted molar refractivity (Wildman–Crippen MR) is 132 cm³/mol. The maximum absolute atomic E-state index is 13.4. The van der Waals surface area contributed by atoms with Gasteiger partial charge in [0.2, 0.25) is 5.91 Å². The molecule has 174 valence electrons. The van der Waals surface area contributed by atoms with Gasteiger partial charge in [-0.1, -0.05) is 53.0 Å². The number of ether oxygens (including phenoxy) is 1. The normalized spacial score (nSPS) is 11.2. The summed E-state index contributed by atoms with van der Waals surface area (Å²) in [5.41, 5.74) is 2.14. The Kier molecular flexibility index (Phi) is 8.24. The molecule has 9 heteroatoms. The lowest BCUT2D eigenvalue weighted by molar-refractivity contribution is -0.119. The first kappa shape index (κ1) is 24.9. The molecule has 0 atom stereocenters. The molecule has 1 N–H and O–H groups in total. The van der Waals surface area contributed by atoms with Crippen LogP contribution in [-0.2, 0) is 21.2 Å². The zero-order valence-corrected chi connectivity index (χ0v) is 20.5. The maximum Gasteiger partial charge on any atom is 0.264 e. The van der Waals surface area contributed by atoms with Crippen LogP contribution in [0.5, 0.6) is 5.75 Å². The monoisotopic (exact) mass is 506 g/mol. The van der Waals surface area contributed by atoms with Crippen LogP contribution in [-0.4, -0.2) is 34.5 Å². The number of hydrogen-bond donors (Lipinski definition) is 1. The van der Waals surface area contributed by atoms with Gasteiger partial charge in [-0.3, -0.25) is 9.10 Å². The lowest BCUT2D eigenvalue weighted by atomic mass is 10.1. The van der Waals surface area contributed by atoms with E-state index in [0.29, 0.717) is 13.0 Å². The Morgan fingerprint density at radius 1 is 0.970 bits per heavy atom. The molecule has 0 saturated heterocycles. The van der Waals surface area contributed by atoms with E-state index in [4.69, 9.17) is 27.9 Å². The molecule has 0 aliphatic carbocycles. The van der Waals surface area contributed by atoms with Gasteiger partial charge in [-0.15, -0.1) is 0 Å². The molecule has 3 aromatic rings. The van der Waals surface area contributed by atoms with Crippen molar-refractivity contribution in [1.82, 2.24) is 5.32 Å². The quantitative estimate of drug-likeness (QED) is 0.449. The van der Waals surface area contributed by atoms with Crippen molar-refractivity contribution in [1.29, 1.82) is 0 Å². The van der Waals surface area contributed by atoms with E-state index in [1.807, 2.05) is 31.2 Å². The van der Waals surface area contributed by atoms with Gasteiger partial charge >= 0.3 is 0 Å². The number of aryl methyl sites for hydroxylation is 1. The number of sulfonamides is 1. The first-order valence-corrected chi connectivity index (χ1v) is 12.3. The number of carbonyl (C=O) groups excluding carboxylic acids is 1. The summed E-state index contributed by atoms with van der Waals surface area (Å²) in [6.45, 7) is 1.79. The van der Waals surface area contributed by atoms with Crippen molar-refractivity contribution in [3.05, 3.63) is 87.9 Å². The number of hydrogen-bond acceptors (Lipinski definition) is 4. The topological polar surface area (TPSA) is 75.7 Å². The van der Waals surface area contributed by atoms with Crippen LogP contribution in [0.1, 0.15) is 11.1 Å². The van der Waals surface area contributed by atoms with Crippen LogP contribution in [0.2, 0.25) is 10.0 Å². The number of rotatable bonds is 9. The molecule has 1 amide bonds. The predicted octanol–water partition coefficient (Wildman–Crippen LogP) is 4.86. The molecule has 3 rings (SSSR count). The van der Waals surface area contributed by atoms with Gasteiger partial charge < -0.3 is 10.1 Å². The van der Waals surface area contributed by atoms with Crippen molar-refractivity contribution in [2.75, 3.05) is 24.5 Å². The average Bonchev–Trinajstić information content (AvgIpc) is 2.77. The fourth-order valence-electron chi connectivity index (χ4n) is 3.16. The number of nitrogens with one attached hydrogen (secondary N) is 1. The van der Waals surface area contributed by atoms with E-state index in [1.54, 1.807) is 19.2 Å². The van der Waals surface area contributed by atoms with Gasteiger partial charge in [0.15, 0.2) is 0 Å². The Balaban J connectivity index is 1.78. The van der Waals surface area contributed by atoms with Crippen LogP contribution in [0.15, 0.2) is 71.6 Å². The van der Waals surface area contributed by atoms with Gasteiger partial charge in [0.25, 0.3) is 10.0 Å². The standard InChI is InChI=1S/C24H24Cl2N2O4S/c1-17-3-9-23(10-4-17)33(30,31)28(21-14-19(25)13-20(26)15-21)16-24(29)27-12-11-18-5-7-22(32-2)8-6-18/h3-10,13-15H,11-12,16H2,1-2H3,(H,27,29). The van der Waals surface area contributed by atoms with Crippen LogP contribution >= 0.6 is 23.2 Å². The Labute approximate surface area is 204 Å². The van der Waals surface area contributed by atoms with Gasteiger partial charge in [-0.2, -0.15) is 0 Å². The third kappa shape index (κ3) is 6.63. The molecule has 3 aromatic carbocycles. The molecule has 0 radical (unpaired) electrons. The Hall–Kier alpha value is -2.74. The minimum absolute atomic E-state index is 0.0650. The zero-order chi connectivity index (χ0) is 24.0. The largest absolute Gasteiger partial charge is 0.497 e. The lowest BCUT2D eigenvalue weighted by Gasteiger charge is -2.24. The van der Waals surface area contributed by atoms with Crippen molar-refractivity contribution in [2.45, 2.75) is 18.2 Å². The molecule has 0 aromatic heterocycles. The number of amides is 1. The van der Waals surface area contributed by atoms with E-state index < -0.39 is 22.5 Å². The Bertz CT molecular complexity index is 1190. The maximum atomic E-state index is 13.4. The first-order chi connectivity index (χ1) is 15.7. The highest BCUT2D eigenvalue weighted by Gasteiger charge is 2.27. The highest BCUT2D eigenvalue weighted by Crippen LogP contribution is 2.29. The molecular weight excluding hydrogens is 483 g/mol. The van der Waals surface area contributed by atoms with Crippen molar-refractivity contribution in [2.24, 2.45) is 0 Å². The van der Waals surface area contributed by atoms with E-state index in [0.717, 1.165) is 21.2 Å². The van der Waals surface area contributed by atoms with Gasteiger partial charge in [-0.25, -0.2) is 8.42 Å². The second-order valence-corrected chi connectivity index (χ2v) is 10.1. The highest BCUT2D eigenvalue weighted by atomic mass is 35.5. The fourth-order valence-corrected chi connectivity index (χ4v) is 5.08. The van der Waals surface area contributed by atoms with E-state index >= 15 is 0 Å². The average molecular weight is 507 g/mol. The number of halogens is 2. The summed E-state index contributed by atoms with van der Waals surface area (Å²) in [5.74, 6) is 0.301. The molecule has 0 heterocycles. The third-order valence-electron chi connectivity index (χ3n) is 4.93. The lowest BCUT2D eigenvalue weighted by Crippen LogP contribution is -2.41.